The first-order valence-electron chi connectivity index (χ1n) is 3.71. The third-order valence-corrected chi connectivity index (χ3v) is 1.44. The van der Waals surface area contributed by atoms with Crippen LogP contribution in [0.2, 0.25) is 0 Å². The monoisotopic (exact) mass is 195 g/mol. The summed E-state index contributed by atoms with van der Waals surface area (Å²) in [6.45, 7) is 0. The van der Waals surface area contributed by atoms with Gasteiger partial charge in [0.05, 0.1) is 6.42 Å². The highest BCUT2D eigenvalue weighted by Gasteiger charge is 2.03. The Labute approximate surface area is 78.7 Å². The van der Waals surface area contributed by atoms with Gasteiger partial charge in [-0.15, -0.1) is 0 Å². The molecule has 0 amide bonds. The summed E-state index contributed by atoms with van der Waals surface area (Å²) < 4.78 is 12.4. The van der Waals surface area contributed by atoms with E-state index in [1.165, 1.54) is 24.3 Å². The second kappa shape index (κ2) is 4.84. The fourth-order valence-electron chi connectivity index (χ4n) is 0.865. The molecule has 5 nitrogen and oxygen atoms in total. The van der Waals surface area contributed by atoms with E-state index in [1.807, 2.05) is 0 Å². The molecule has 72 valence electrons. The molecule has 0 bridgehead atoms. The van der Waals surface area contributed by atoms with E-state index in [2.05, 4.69) is 15.0 Å². The molecule has 0 aliphatic carbocycles. The van der Waals surface area contributed by atoms with Gasteiger partial charge in [-0.05, 0) is 23.2 Å². The first kappa shape index (κ1) is 10.0. The van der Waals surface area contributed by atoms with Crippen molar-refractivity contribution in [3.63, 3.8) is 0 Å². The summed E-state index contributed by atoms with van der Waals surface area (Å²) in [6, 6.07) is 5.37. The van der Waals surface area contributed by atoms with Crippen molar-refractivity contribution in [3.05, 3.63) is 46.1 Å². The van der Waals surface area contributed by atoms with Gasteiger partial charge in [0.2, 0.25) is 0 Å². The van der Waals surface area contributed by atoms with E-state index in [4.69, 9.17) is 5.53 Å². The molecule has 1 rings (SSSR count). The molecular weight excluding hydrogens is 189 g/mol. The van der Waals surface area contributed by atoms with Crippen LogP contribution in [0.4, 0.5) is 4.39 Å². The molecule has 0 radical (unpaired) electrons. The Morgan fingerprint density at radius 1 is 1.50 bits per heavy atom. The van der Waals surface area contributed by atoms with Crippen LogP contribution >= 0.6 is 0 Å². The van der Waals surface area contributed by atoms with Crippen LogP contribution in [0.1, 0.15) is 5.56 Å². The first-order chi connectivity index (χ1) is 6.72. The summed E-state index contributed by atoms with van der Waals surface area (Å²) >= 11 is 0. The molecule has 0 aliphatic rings. The highest BCUT2D eigenvalue weighted by atomic mass is 19.1. The van der Waals surface area contributed by atoms with Crippen LogP contribution in [-0.2, 0) is 16.1 Å². The molecule has 0 aromatic heterocycles. The fraction of sp³-hybridized carbons (Fsp3) is 0.125. The SMILES string of the molecule is [N-]=[N+]=NOC(=O)Cc1ccc(F)cc1. The van der Waals surface area contributed by atoms with E-state index < -0.39 is 5.97 Å². The summed E-state index contributed by atoms with van der Waals surface area (Å²) in [5, 5.41) is 2.64. The average molecular weight is 195 g/mol. The van der Waals surface area contributed by atoms with Gasteiger partial charge in [0.1, 0.15) is 11.1 Å². The van der Waals surface area contributed by atoms with Gasteiger partial charge in [-0.25, -0.2) is 4.39 Å². The van der Waals surface area contributed by atoms with Crippen LogP contribution in [0.3, 0.4) is 0 Å². The minimum atomic E-state index is -0.686. The largest absolute Gasteiger partial charge is 0.359 e. The zero-order valence-corrected chi connectivity index (χ0v) is 7.05. The van der Waals surface area contributed by atoms with Crippen LogP contribution in [0.5, 0.6) is 0 Å². The predicted octanol–water partition coefficient (Wildman–Crippen LogP) is 2.14. The Kier molecular flexibility index (Phi) is 3.46. The second-order valence-electron chi connectivity index (χ2n) is 2.44. The molecule has 0 saturated heterocycles. The minimum Gasteiger partial charge on any atom is -0.359 e. The Morgan fingerprint density at radius 3 is 2.71 bits per heavy atom. The molecule has 0 heterocycles. The normalized spacial score (nSPS) is 8.93. The topological polar surface area (TPSA) is 75.1 Å². The van der Waals surface area contributed by atoms with Crippen LogP contribution in [0.25, 0.3) is 10.4 Å². The highest BCUT2D eigenvalue weighted by molar-refractivity contribution is 5.72. The van der Waals surface area contributed by atoms with Crippen LogP contribution < -0.4 is 0 Å². The molecule has 14 heavy (non-hydrogen) atoms. The number of carbonyl (C=O) groups excluding carboxylic acids is 1. The second-order valence-corrected chi connectivity index (χ2v) is 2.44. The van der Waals surface area contributed by atoms with Gasteiger partial charge in [-0.1, -0.05) is 12.1 Å². The van der Waals surface area contributed by atoms with E-state index in [-0.39, 0.29) is 12.2 Å². The van der Waals surface area contributed by atoms with Gasteiger partial charge < -0.3 is 4.84 Å². The van der Waals surface area contributed by atoms with Gasteiger partial charge in [-0.3, -0.25) is 4.79 Å². The van der Waals surface area contributed by atoms with E-state index in [1.54, 1.807) is 0 Å². The zero-order valence-electron chi connectivity index (χ0n) is 7.05. The van der Waals surface area contributed by atoms with Crippen molar-refractivity contribution in [1.82, 2.24) is 0 Å². The number of hydrogen-bond donors (Lipinski definition) is 0. The summed E-state index contributed by atoms with van der Waals surface area (Å²) in [7, 11) is 0. The molecule has 0 N–H and O–H groups in total. The summed E-state index contributed by atoms with van der Waals surface area (Å²) in [4.78, 5) is 17.2. The maximum atomic E-state index is 12.4. The third-order valence-electron chi connectivity index (χ3n) is 1.44. The number of nitrogens with zero attached hydrogens (tertiary/aromatic N) is 3. The van der Waals surface area contributed by atoms with Crippen molar-refractivity contribution in [1.29, 1.82) is 0 Å². The highest BCUT2D eigenvalue weighted by Crippen LogP contribution is 2.04. The first-order valence-corrected chi connectivity index (χ1v) is 3.71. The van der Waals surface area contributed by atoms with Gasteiger partial charge in [0.25, 0.3) is 0 Å². The van der Waals surface area contributed by atoms with E-state index in [0.29, 0.717) is 5.56 Å². The smallest absolute Gasteiger partial charge is 0.322 e. The number of carbonyl (C=O) groups is 1. The lowest BCUT2D eigenvalue weighted by atomic mass is 10.1. The molecule has 0 spiro atoms. The number of halogens is 1. The standard InChI is InChI=1S/C8H6FN3O2/c9-7-3-1-6(2-4-7)5-8(13)14-12-11-10/h1-4H,5H2. The molecule has 0 saturated carbocycles. The molecule has 0 unspecified atom stereocenters. The van der Waals surface area contributed by atoms with Crippen molar-refractivity contribution in [3.8, 4) is 0 Å². The predicted molar refractivity (Wildman–Crippen MR) is 45.3 cm³/mol. The Balaban J connectivity index is 2.56. The number of benzene rings is 1. The molecule has 0 fully saturated rings. The van der Waals surface area contributed by atoms with Crippen molar-refractivity contribution < 1.29 is 14.0 Å². The summed E-state index contributed by atoms with van der Waals surface area (Å²) in [5.41, 5.74) is 8.44. The molecular formula is C8H6FN3O2. The van der Waals surface area contributed by atoms with Crippen molar-refractivity contribution in [2.75, 3.05) is 0 Å². The zero-order chi connectivity index (χ0) is 10.4. The van der Waals surface area contributed by atoms with E-state index in [9.17, 15) is 9.18 Å². The van der Waals surface area contributed by atoms with Crippen LogP contribution in [0.15, 0.2) is 29.5 Å². The maximum Gasteiger partial charge on any atom is 0.322 e. The number of hydrogen-bond acceptors (Lipinski definition) is 3. The fourth-order valence-corrected chi connectivity index (χ4v) is 0.865. The lowest BCUT2D eigenvalue weighted by Crippen LogP contribution is -2.03. The van der Waals surface area contributed by atoms with Gasteiger partial charge in [0.15, 0.2) is 0 Å². The van der Waals surface area contributed by atoms with Crippen molar-refractivity contribution >= 4 is 5.97 Å². The molecule has 6 heteroatoms. The van der Waals surface area contributed by atoms with Crippen molar-refractivity contribution in [2.24, 2.45) is 5.28 Å². The molecule has 0 aliphatic heterocycles. The van der Waals surface area contributed by atoms with Gasteiger partial charge in [-0.2, -0.15) is 0 Å². The lowest BCUT2D eigenvalue weighted by Gasteiger charge is -1.97. The van der Waals surface area contributed by atoms with Crippen molar-refractivity contribution in [2.45, 2.75) is 6.42 Å². The van der Waals surface area contributed by atoms with E-state index >= 15 is 0 Å². The van der Waals surface area contributed by atoms with Gasteiger partial charge in [0, 0.05) is 4.91 Å². The Hall–Kier alpha value is -2.07. The lowest BCUT2D eigenvalue weighted by molar-refractivity contribution is -0.143. The average Bonchev–Trinajstić information content (AvgIpc) is 2.18. The van der Waals surface area contributed by atoms with E-state index in [0.717, 1.165) is 0 Å². The molecule has 0 atom stereocenters. The Bertz CT molecular complexity index is 371. The quantitative estimate of drug-likeness (QED) is 0.320. The third kappa shape index (κ3) is 3.12. The van der Waals surface area contributed by atoms with Gasteiger partial charge >= 0.3 is 5.97 Å². The summed E-state index contributed by atoms with van der Waals surface area (Å²) in [5.74, 6) is -1.06. The molecule has 1 aromatic carbocycles. The maximum absolute atomic E-state index is 12.4. The Morgan fingerprint density at radius 2 is 2.14 bits per heavy atom. The van der Waals surface area contributed by atoms with Crippen LogP contribution in [0, 0.1) is 5.82 Å². The number of azide groups is 1. The van der Waals surface area contributed by atoms with Crippen LogP contribution in [-0.4, -0.2) is 5.97 Å². The summed E-state index contributed by atoms with van der Waals surface area (Å²) in [6.07, 6.45) is -0.0563. The molecule has 1 aromatic rings. The number of rotatable bonds is 3. The minimum absolute atomic E-state index is 0.0563.